The van der Waals surface area contributed by atoms with E-state index < -0.39 is 17.9 Å². The molecule has 2 rings (SSSR count). The fourth-order valence-electron chi connectivity index (χ4n) is 1.39. The maximum absolute atomic E-state index is 13.1. The van der Waals surface area contributed by atoms with Crippen LogP contribution in [0.15, 0.2) is 12.1 Å². The van der Waals surface area contributed by atoms with Crippen molar-refractivity contribution < 1.29 is 26.7 Å². The van der Waals surface area contributed by atoms with Gasteiger partial charge in [-0.15, -0.1) is 0 Å². The molecule has 0 amide bonds. The standard InChI is InChI=1S/C10H8F5N3O/c1-2-19-6-4-3-5-7(17-6)18-8(16-5)9(11,12)10(13,14)15/h3-4H,2H2,1H3,(H,16,17,18). The van der Waals surface area contributed by atoms with E-state index in [0.29, 0.717) is 0 Å². The number of pyridine rings is 1. The zero-order valence-electron chi connectivity index (χ0n) is 9.55. The Kier molecular flexibility index (Phi) is 3.07. The van der Waals surface area contributed by atoms with Crippen LogP contribution in [0.25, 0.3) is 11.2 Å². The summed E-state index contributed by atoms with van der Waals surface area (Å²) >= 11 is 0. The third kappa shape index (κ3) is 2.32. The molecule has 2 aromatic heterocycles. The van der Waals surface area contributed by atoms with E-state index in [1.165, 1.54) is 12.1 Å². The van der Waals surface area contributed by atoms with Gasteiger partial charge >= 0.3 is 12.1 Å². The van der Waals surface area contributed by atoms with Crippen LogP contribution in [0.3, 0.4) is 0 Å². The molecule has 0 unspecified atom stereocenters. The van der Waals surface area contributed by atoms with Crippen LogP contribution < -0.4 is 4.74 Å². The molecule has 4 nitrogen and oxygen atoms in total. The monoisotopic (exact) mass is 281 g/mol. The molecule has 0 aliphatic heterocycles. The maximum Gasteiger partial charge on any atom is 0.461 e. The quantitative estimate of drug-likeness (QED) is 0.880. The van der Waals surface area contributed by atoms with Crippen molar-refractivity contribution in [2.75, 3.05) is 6.61 Å². The number of imidazole rings is 1. The molecular formula is C10H8F5N3O. The predicted octanol–water partition coefficient (Wildman–Crippen LogP) is 3.01. The first kappa shape index (κ1) is 13.5. The van der Waals surface area contributed by atoms with E-state index in [-0.39, 0.29) is 23.7 Å². The van der Waals surface area contributed by atoms with Crippen LogP contribution in [0, 0.1) is 0 Å². The second-order valence-corrected chi connectivity index (χ2v) is 3.61. The van der Waals surface area contributed by atoms with Crippen LogP contribution in [0.5, 0.6) is 5.88 Å². The van der Waals surface area contributed by atoms with Crippen molar-refractivity contribution in [3.05, 3.63) is 18.0 Å². The Morgan fingerprint density at radius 3 is 2.42 bits per heavy atom. The van der Waals surface area contributed by atoms with Gasteiger partial charge in [-0.1, -0.05) is 0 Å². The highest BCUT2D eigenvalue weighted by molar-refractivity contribution is 5.71. The molecule has 0 aliphatic carbocycles. The lowest BCUT2D eigenvalue weighted by atomic mass is 10.3. The first-order chi connectivity index (χ1) is 8.75. The lowest BCUT2D eigenvalue weighted by Crippen LogP contribution is -2.34. The van der Waals surface area contributed by atoms with Gasteiger partial charge < -0.3 is 9.72 Å². The van der Waals surface area contributed by atoms with Crippen LogP contribution in [0.2, 0.25) is 0 Å². The summed E-state index contributed by atoms with van der Waals surface area (Å²) in [5, 5.41) is 0. The third-order valence-electron chi connectivity index (χ3n) is 2.27. The number of H-pyrrole nitrogens is 1. The van der Waals surface area contributed by atoms with E-state index in [1.54, 1.807) is 6.92 Å². The van der Waals surface area contributed by atoms with Gasteiger partial charge in [0.05, 0.1) is 12.1 Å². The minimum atomic E-state index is -5.72. The first-order valence-electron chi connectivity index (χ1n) is 5.20. The molecule has 0 bridgehead atoms. The number of aromatic amines is 1. The number of alkyl halides is 5. The first-order valence-corrected chi connectivity index (χ1v) is 5.20. The van der Waals surface area contributed by atoms with Gasteiger partial charge in [0.15, 0.2) is 11.5 Å². The zero-order chi connectivity index (χ0) is 14.3. The molecule has 0 aliphatic rings. The van der Waals surface area contributed by atoms with Crippen molar-refractivity contribution in [2.45, 2.75) is 19.0 Å². The Hall–Kier alpha value is -1.93. The minimum Gasteiger partial charge on any atom is -0.478 e. The van der Waals surface area contributed by atoms with Gasteiger partial charge in [-0.25, -0.2) is 4.98 Å². The number of ether oxygens (including phenoxy) is 1. The van der Waals surface area contributed by atoms with Gasteiger partial charge in [0.2, 0.25) is 5.88 Å². The summed E-state index contributed by atoms with van der Waals surface area (Å²) in [4.78, 5) is 8.81. The molecule has 0 atom stereocenters. The normalized spacial score (nSPS) is 12.9. The summed E-state index contributed by atoms with van der Waals surface area (Å²) in [7, 11) is 0. The van der Waals surface area contributed by atoms with Gasteiger partial charge in [0.25, 0.3) is 0 Å². The van der Waals surface area contributed by atoms with Gasteiger partial charge in [0, 0.05) is 6.07 Å². The second kappa shape index (κ2) is 4.32. The summed E-state index contributed by atoms with van der Waals surface area (Å²) in [6.07, 6.45) is -5.72. The van der Waals surface area contributed by atoms with Crippen LogP contribution in [0.4, 0.5) is 22.0 Å². The SMILES string of the molecule is CCOc1ccc2[nH]c(C(F)(F)C(F)(F)F)nc2n1. The number of fused-ring (bicyclic) bond motifs is 1. The molecule has 19 heavy (non-hydrogen) atoms. The molecule has 0 saturated heterocycles. The highest BCUT2D eigenvalue weighted by Gasteiger charge is 2.61. The van der Waals surface area contributed by atoms with E-state index in [4.69, 9.17) is 4.74 Å². The highest BCUT2D eigenvalue weighted by atomic mass is 19.4. The van der Waals surface area contributed by atoms with Gasteiger partial charge in [0.1, 0.15) is 0 Å². The molecular weight excluding hydrogens is 273 g/mol. The van der Waals surface area contributed by atoms with E-state index >= 15 is 0 Å². The number of hydrogen-bond donors (Lipinski definition) is 1. The summed E-state index contributed by atoms with van der Waals surface area (Å²) in [5.41, 5.74) is -0.285. The topological polar surface area (TPSA) is 50.8 Å². The van der Waals surface area contributed by atoms with Crippen LogP contribution in [0.1, 0.15) is 12.7 Å². The predicted molar refractivity (Wildman–Crippen MR) is 55.0 cm³/mol. The molecule has 0 fully saturated rings. The Bertz CT molecular complexity index is 592. The number of halogens is 5. The molecule has 2 aromatic rings. The Labute approximate surface area is 103 Å². The highest BCUT2D eigenvalue weighted by Crippen LogP contribution is 2.42. The molecule has 0 saturated carbocycles. The van der Waals surface area contributed by atoms with Crippen molar-refractivity contribution in [2.24, 2.45) is 0 Å². The number of nitrogens with zero attached hydrogens (tertiary/aromatic N) is 2. The summed E-state index contributed by atoms with van der Waals surface area (Å²) in [5.74, 6) is -6.45. The van der Waals surface area contributed by atoms with Crippen LogP contribution in [-0.2, 0) is 5.92 Å². The fraction of sp³-hybridized carbons (Fsp3) is 0.400. The molecule has 104 valence electrons. The molecule has 2 heterocycles. The summed E-state index contributed by atoms with van der Waals surface area (Å²) in [6.45, 7) is 1.97. The number of rotatable bonds is 3. The lowest BCUT2D eigenvalue weighted by Gasteiger charge is -2.16. The number of aromatic nitrogens is 3. The molecule has 0 radical (unpaired) electrons. The van der Waals surface area contributed by atoms with E-state index in [0.717, 1.165) is 0 Å². The maximum atomic E-state index is 13.1. The zero-order valence-corrected chi connectivity index (χ0v) is 9.55. The van der Waals surface area contributed by atoms with Crippen molar-refractivity contribution in [1.82, 2.24) is 15.0 Å². The van der Waals surface area contributed by atoms with Crippen LogP contribution in [-0.4, -0.2) is 27.7 Å². The number of nitrogens with one attached hydrogen (secondary N) is 1. The second-order valence-electron chi connectivity index (χ2n) is 3.61. The van der Waals surface area contributed by atoms with Crippen LogP contribution >= 0.6 is 0 Å². The van der Waals surface area contributed by atoms with Crippen molar-refractivity contribution >= 4 is 11.2 Å². The fourth-order valence-corrected chi connectivity index (χ4v) is 1.39. The number of hydrogen-bond acceptors (Lipinski definition) is 3. The third-order valence-corrected chi connectivity index (χ3v) is 2.27. The summed E-state index contributed by atoms with van der Waals surface area (Å²) < 4.78 is 67.7. The molecule has 1 N–H and O–H groups in total. The van der Waals surface area contributed by atoms with Gasteiger partial charge in [-0.05, 0) is 13.0 Å². The molecule has 9 heteroatoms. The Morgan fingerprint density at radius 2 is 1.84 bits per heavy atom. The van der Waals surface area contributed by atoms with Gasteiger partial charge in [-0.2, -0.15) is 26.9 Å². The van der Waals surface area contributed by atoms with E-state index in [9.17, 15) is 22.0 Å². The summed E-state index contributed by atoms with van der Waals surface area (Å²) in [6, 6.07) is 2.62. The minimum absolute atomic E-state index is 0.0256. The lowest BCUT2D eigenvalue weighted by molar-refractivity contribution is -0.292. The van der Waals surface area contributed by atoms with Crippen molar-refractivity contribution in [3.8, 4) is 5.88 Å². The molecule has 0 aromatic carbocycles. The molecule has 0 spiro atoms. The van der Waals surface area contributed by atoms with Crippen molar-refractivity contribution in [1.29, 1.82) is 0 Å². The average molecular weight is 281 g/mol. The average Bonchev–Trinajstić information content (AvgIpc) is 2.71. The van der Waals surface area contributed by atoms with Crippen molar-refractivity contribution in [3.63, 3.8) is 0 Å². The largest absolute Gasteiger partial charge is 0.478 e. The Balaban J connectivity index is 2.47. The smallest absolute Gasteiger partial charge is 0.461 e. The van der Waals surface area contributed by atoms with E-state index in [1.807, 2.05) is 4.98 Å². The van der Waals surface area contributed by atoms with E-state index in [2.05, 4.69) is 9.97 Å². The Morgan fingerprint density at radius 1 is 1.16 bits per heavy atom. The van der Waals surface area contributed by atoms with Gasteiger partial charge in [-0.3, -0.25) is 0 Å².